The van der Waals surface area contributed by atoms with Gasteiger partial charge in [-0.2, -0.15) is 0 Å². The predicted octanol–water partition coefficient (Wildman–Crippen LogP) is 3.77. The summed E-state index contributed by atoms with van der Waals surface area (Å²) in [6, 6.07) is 25.2. The summed E-state index contributed by atoms with van der Waals surface area (Å²) in [5.74, 6) is 0.652. The maximum absolute atomic E-state index is 12.4. The van der Waals surface area contributed by atoms with Crippen molar-refractivity contribution in [2.24, 2.45) is 0 Å². The van der Waals surface area contributed by atoms with Gasteiger partial charge in [0.15, 0.2) is 0 Å². The Labute approximate surface area is 156 Å². The molecular weight excluding hydrogens is 399 g/mol. The van der Waals surface area contributed by atoms with Gasteiger partial charge in [0.05, 0.1) is 0 Å². The quantitative estimate of drug-likeness (QED) is 0.480. The van der Waals surface area contributed by atoms with Crippen molar-refractivity contribution in [3.63, 3.8) is 0 Å². The molecule has 4 heteroatoms. The van der Waals surface area contributed by atoms with Gasteiger partial charge in [-0.15, -0.1) is 0 Å². The summed E-state index contributed by atoms with van der Waals surface area (Å²) < 4.78 is 7.98. The first-order chi connectivity index (χ1) is 12.2. The molecule has 0 unspecified atom stereocenters. The van der Waals surface area contributed by atoms with E-state index in [9.17, 15) is 4.79 Å². The van der Waals surface area contributed by atoms with Crippen molar-refractivity contribution in [3.05, 3.63) is 94.3 Å². The van der Waals surface area contributed by atoms with Crippen LogP contribution in [0.5, 0.6) is 0 Å². The van der Waals surface area contributed by atoms with E-state index in [2.05, 4.69) is 0 Å². The SMILES string of the molecule is O=c1oc(-c2ccccc2)c([Se]c2ccc(Cl)cc2)c2ccccc12. The van der Waals surface area contributed by atoms with Crippen LogP contribution in [0.1, 0.15) is 0 Å². The molecular formula is C21H13ClO2Se. The minimum atomic E-state index is -0.301. The monoisotopic (exact) mass is 412 g/mol. The Morgan fingerprint density at radius 2 is 1.40 bits per heavy atom. The molecule has 0 spiro atoms. The molecule has 0 amide bonds. The van der Waals surface area contributed by atoms with Crippen LogP contribution in [0.4, 0.5) is 0 Å². The first kappa shape index (κ1) is 16.2. The molecule has 25 heavy (non-hydrogen) atoms. The van der Waals surface area contributed by atoms with Gasteiger partial charge >= 0.3 is 156 Å². The fourth-order valence-electron chi connectivity index (χ4n) is 2.68. The number of halogens is 1. The topological polar surface area (TPSA) is 30.2 Å². The van der Waals surface area contributed by atoms with Crippen LogP contribution in [0.2, 0.25) is 5.02 Å². The third-order valence-corrected chi connectivity index (χ3v) is 6.46. The third-order valence-electron chi connectivity index (χ3n) is 3.86. The van der Waals surface area contributed by atoms with E-state index in [1.54, 1.807) is 0 Å². The molecule has 3 aromatic carbocycles. The van der Waals surface area contributed by atoms with E-state index in [0.29, 0.717) is 16.2 Å². The molecule has 1 aromatic heterocycles. The second-order valence-corrected chi connectivity index (χ2v) is 8.23. The molecule has 0 saturated carbocycles. The molecule has 122 valence electrons. The second-order valence-electron chi connectivity index (χ2n) is 5.52. The summed E-state index contributed by atoms with van der Waals surface area (Å²) in [4.78, 5) is 12.4. The second kappa shape index (κ2) is 6.89. The fraction of sp³-hybridized carbons (Fsp3) is 0. The molecule has 0 aliphatic rings. The number of hydrogen-bond acceptors (Lipinski definition) is 2. The molecule has 0 aliphatic carbocycles. The number of fused-ring (bicyclic) bond motifs is 1. The Bertz CT molecular complexity index is 1090. The first-order valence-electron chi connectivity index (χ1n) is 7.77. The Morgan fingerprint density at radius 1 is 0.760 bits per heavy atom. The molecule has 0 atom stereocenters. The van der Waals surface area contributed by atoms with Crippen LogP contribution in [-0.2, 0) is 0 Å². The van der Waals surface area contributed by atoms with Crippen LogP contribution in [0.15, 0.2) is 88.1 Å². The molecule has 0 radical (unpaired) electrons. The predicted molar refractivity (Wildman–Crippen MR) is 104 cm³/mol. The summed E-state index contributed by atoms with van der Waals surface area (Å²) in [6.07, 6.45) is 0. The molecule has 4 aromatic rings. The van der Waals surface area contributed by atoms with Crippen LogP contribution < -0.4 is 14.5 Å². The van der Waals surface area contributed by atoms with Crippen LogP contribution in [0, 0.1) is 0 Å². The van der Waals surface area contributed by atoms with Crippen molar-refractivity contribution in [1.29, 1.82) is 0 Å². The van der Waals surface area contributed by atoms with Gasteiger partial charge in [-0.1, -0.05) is 0 Å². The fourth-order valence-corrected chi connectivity index (χ4v) is 5.00. The summed E-state index contributed by atoms with van der Waals surface area (Å²) in [6.45, 7) is 0. The number of rotatable bonds is 3. The van der Waals surface area contributed by atoms with Crippen molar-refractivity contribution in [3.8, 4) is 11.3 Å². The first-order valence-corrected chi connectivity index (χ1v) is 9.86. The van der Waals surface area contributed by atoms with Gasteiger partial charge in [0.1, 0.15) is 0 Å². The molecule has 0 aliphatic heterocycles. The summed E-state index contributed by atoms with van der Waals surface area (Å²) in [7, 11) is 0. The van der Waals surface area contributed by atoms with Gasteiger partial charge in [0.2, 0.25) is 0 Å². The third kappa shape index (κ3) is 3.27. The summed E-state index contributed by atoms with van der Waals surface area (Å²) in [5.41, 5.74) is 0.612. The molecule has 4 rings (SSSR count). The van der Waals surface area contributed by atoms with E-state index in [1.165, 1.54) is 4.46 Å². The van der Waals surface area contributed by atoms with E-state index >= 15 is 0 Å². The number of hydrogen-bond donors (Lipinski definition) is 0. The molecule has 0 bridgehead atoms. The minimum absolute atomic E-state index is 0.0213. The van der Waals surface area contributed by atoms with Crippen molar-refractivity contribution in [1.82, 2.24) is 0 Å². The summed E-state index contributed by atoms with van der Waals surface area (Å²) in [5, 5.41) is 2.29. The van der Waals surface area contributed by atoms with Crippen molar-refractivity contribution < 1.29 is 4.42 Å². The van der Waals surface area contributed by atoms with Gasteiger partial charge in [0, 0.05) is 0 Å². The van der Waals surface area contributed by atoms with Crippen LogP contribution >= 0.6 is 11.6 Å². The van der Waals surface area contributed by atoms with Crippen LogP contribution in [0.3, 0.4) is 0 Å². The Hall–Kier alpha value is -2.32. The van der Waals surface area contributed by atoms with Gasteiger partial charge in [-0.3, -0.25) is 0 Å². The van der Waals surface area contributed by atoms with Crippen molar-refractivity contribution in [2.45, 2.75) is 0 Å². The Balaban J connectivity index is 1.97. The van der Waals surface area contributed by atoms with Gasteiger partial charge in [0.25, 0.3) is 0 Å². The molecule has 1 heterocycles. The molecule has 0 fully saturated rings. The van der Waals surface area contributed by atoms with E-state index < -0.39 is 0 Å². The van der Waals surface area contributed by atoms with E-state index in [4.69, 9.17) is 16.0 Å². The normalized spacial score (nSPS) is 10.9. The van der Waals surface area contributed by atoms with Crippen LogP contribution in [-0.4, -0.2) is 15.0 Å². The number of benzene rings is 3. The van der Waals surface area contributed by atoms with Crippen molar-refractivity contribution >= 4 is 46.3 Å². The van der Waals surface area contributed by atoms with Crippen LogP contribution in [0.25, 0.3) is 22.1 Å². The van der Waals surface area contributed by atoms with E-state index in [1.807, 2.05) is 78.9 Å². The molecule has 0 saturated heterocycles. The Morgan fingerprint density at radius 3 is 2.12 bits per heavy atom. The van der Waals surface area contributed by atoms with Crippen molar-refractivity contribution in [2.75, 3.05) is 0 Å². The van der Waals surface area contributed by atoms with E-state index in [0.717, 1.165) is 15.4 Å². The van der Waals surface area contributed by atoms with Gasteiger partial charge in [-0.05, 0) is 0 Å². The standard InChI is InChI=1S/C21H13ClO2Se/c22-15-10-12-16(13-11-15)25-20-17-8-4-5-9-18(17)21(23)24-19(20)14-6-2-1-3-7-14/h1-13H. The zero-order chi connectivity index (χ0) is 17.2. The average molecular weight is 412 g/mol. The Kier molecular flexibility index (Phi) is 4.46. The zero-order valence-electron chi connectivity index (χ0n) is 13.1. The average Bonchev–Trinajstić information content (AvgIpc) is 2.66. The summed E-state index contributed by atoms with van der Waals surface area (Å²) >= 11 is 5.98. The van der Waals surface area contributed by atoms with Gasteiger partial charge < -0.3 is 0 Å². The van der Waals surface area contributed by atoms with Gasteiger partial charge in [-0.25, -0.2) is 0 Å². The van der Waals surface area contributed by atoms with E-state index in [-0.39, 0.29) is 20.6 Å². The molecule has 2 nitrogen and oxygen atoms in total. The maximum atomic E-state index is 12.4. The molecule has 0 N–H and O–H groups in total. The zero-order valence-corrected chi connectivity index (χ0v) is 15.6.